The van der Waals surface area contributed by atoms with Gasteiger partial charge in [-0.05, 0) is 49.1 Å². The summed E-state index contributed by atoms with van der Waals surface area (Å²) in [5.41, 5.74) is 7.79. The highest BCUT2D eigenvalue weighted by atomic mass is 16.5. The minimum atomic E-state index is 0.394. The fraction of sp³-hybridized carbons (Fsp3) is 0.556. The number of rotatable bonds is 6. The van der Waals surface area contributed by atoms with Crippen molar-refractivity contribution in [2.75, 3.05) is 26.7 Å². The minimum absolute atomic E-state index is 0.394. The number of methoxy groups -OCH3 is 1. The number of hydrogen-bond donors (Lipinski definition) is 1. The minimum Gasteiger partial charge on any atom is -0.497 e. The molecule has 0 aromatic heterocycles. The lowest BCUT2D eigenvalue weighted by atomic mass is 9.85. The van der Waals surface area contributed by atoms with E-state index in [0.29, 0.717) is 6.54 Å². The Morgan fingerprint density at radius 3 is 2.76 bits per heavy atom. The SMILES string of the molecule is CCN(Cc1cc(OC)ccc1C#CCN)CC1CCC1. The lowest BCUT2D eigenvalue weighted by Crippen LogP contribution is -2.32. The maximum atomic E-state index is 5.49. The van der Waals surface area contributed by atoms with E-state index in [4.69, 9.17) is 10.5 Å². The van der Waals surface area contributed by atoms with Crippen LogP contribution < -0.4 is 10.5 Å². The third-order valence-electron chi connectivity index (χ3n) is 4.22. The summed E-state index contributed by atoms with van der Waals surface area (Å²) in [6.45, 7) is 5.81. The zero-order valence-electron chi connectivity index (χ0n) is 13.2. The van der Waals surface area contributed by atoms with Crippen molar-refractivity contribution in [2.45, 2.75) is 32.7 Å². The summed E-state index contributed by atoms with van der Waals surface area (Å²) in [6, 6.07) is 6.10. The summed E-state index contributed by atoms with van der Waals surface area (Å²) in [4.78, 5) is 2.51. The monoisotopic (exact) mass is 286 g/mol. The van der Waals surface area contributed by atoms with Crippen LogP contribution in [0.3, 0.4) is 0 Å². The van der Waals surface area contributed by atoms with Crippen molar-refractivity contribution in [2.24, 2.45) is 11.7 Å². The highest BCUT2D eigenvalue weighted by Gasteiger charge is 2.20. The number of benzene rings is 1. The summed E-state index contributed by atoms with van der Waals surface area (Å²) in [5, 5.41) is 0. The molecule has 0 spiro atoms. The van der Waals surface area contributed by atoms with Crippen molar-refractivity contribution in [3.8, 4) is 17.6 Å². The van der Waals surface area contributed by atoms with Gasteiger partial charge < -0.3 is 10.5 Å². The number of hydrogen-bond acceptors (Lipinski definition) is 3. The second-order valence-electron chi connectivity index (χ2n) is 5.65. The first-order valence-electron chi connectivity index (χ1n) is 7.85. The van der Waals surface area contributed by atoms with E-state index >= 15 is 0 Å². The van der Waals surface area contributed by atoms with Gasteiger partial charge >= 0.3 is 0 Å². The van der Waals surface area contributed by atoms with E-state index in [9.17, 15) is 0 Å². The normalized spacial score (nSPS) is 14.5. The number of ether oxygens (including phenoxy) is 1. The van der Waals surface area contributed by atoms with Crippen LogP contribution in [0.2, 0.25) is 0 Å². The standard InChI is InChI=1S/C18H26N2O/c1-3-20(13-15-6-4-7-15)14-17-12-18(21-2)10-9-16(17)8-5-11-19/h9-10,12,15H,3-4,6-7,11,13-14,19H2,1-2H3. The Kier molecular flexibility index (Phi) is 6.10. The fourth-order valence-electron chi connectivity index (χ4n) is 2.68. The lowest BCUT2D eigenvalue weighted by Gasteiger charge is -2.32. The molecule has 1 aromatic rings. The quantitative estimate of drug-likeness (QED) is 0.817. The molecule has 3 heteroatoms. The third-order valence-corrected chi connectivity index (χ3v) is 4.22. The average Bonchev–Trinajstić information content (AvgIpc) is 2.47. The van der Waals surface area contributed by atoms with Crippen LogP contribution in [0.1, 0.15) is 37.3 Å². The van der Waals surface area contributed by atoms with Crippen molar-refractivity contribution < 1.29 is 4.74 Å². The molecule has 0 amide bonds. The van der Waals surface area contributed by atoms with E-state index in [1.54, 1.807) is 7.11 Å². The Balaban J connectivity index is 2.13. The van der Waals surface area contributed by atoms with Crippen molar-refractivity contribution in [1.29, 1.82) is 0 Å². The van der Waals surface area contributed by atoms with E-state index in [-0.39, 0.29) is 0 Å². The summed E-state index contributed by atoms with van der Waals surface area (Å²) in [5.74, 6) is 7.91. The molecule has 0 heterocycles. The molecule has 114 valence electrons. The van der Waals surface area contributed by atoms with E-state index in [1.807, 2.05) is 12.1 Å². The number of nitrogens with zero attached hydrogens (tertiary/aromatic N) is 1. The molecule has 1 aliphatic carbocycles. The molecule has 1 fully saturated rings. The Bertz CT molecular complexity index is 512. The molecule has 2 N–H and O–H groups in total. The predicted molar refractivity (Wildman–Crippen MR) is 87.2 cm³/mol. The van der Waals surface area contributed by atoms with Crippen LogP contribution in [-0.2, 0) is 6.54 Å². The highest BCUT2D eigenvalue weighted by Crippen LogP contribution is 2.28. The molecule has 0 bridgehead atoms. The van der Waals surface area contributed by atoms with Gasteiger partial charge in [-0.15, -0.1) is 0 Å². The molecule has 2 rings (SSSR count). The molecule has 3 nitrogen and oxygen atoms in total. The van der Waals surface area contributed by atoms with Crippen molar-refractivity contribution in [3.63, 3.8) is 0 Å². The zero-order chi connectivity index (χ0) is 15.1. The van der Waals surface area contributed by atoms with Gasteiger partial charge in [-0.3, -0.25) is 4.90 Å². The van der Waals surface area contributed by atoms with Crippen molar-refractivity contribution >= 4 is 0 Å². The molecule has 1 aliphatic rings. The molecular formula is C18H26N2O. The molecular weight excluding hydrogens is 260 g/mol. The smallest absolute Gasteiger partial charge is 0.119 e. The molecule has 0 radical (unpaired) electrons. The topological polar surface area (TPSA) is 38.5 Å². The molecule has 0 saturated heterocycles. The van der Waals surface area contributed by atoms with Crippen LogP contribution in [0.25, 0.3) is 0 Å². The van der Waals surface area contributed by atoms with Gasteiger partial charge in [-0.1, -0.05) is 25.2 Å². The first kappa shape index (κ1) is 15.9. The summed E-state index contributed by atoms with van der Waals surface area (Å²) < 4.78 is 5.35. The Morgan fingerprint density at radius 1 is 1.38 bits per heavy atom. The van der Waals surface area contributed by atoms with Crippen LogP contribution in [0, 0.1) is 17.8 Å². The van der Waals surface area contributed by atoms with Gasteiger partial charge in [0, 0.05) is 18.7 Å². The Morgan fingerprint density at radius 2 is 2.19 bits per heavy atom. The number of nitrogens with two attached hydrogens (primary N) is 1. The third kappa shape index (κ3) is 4.49. The van der Waals surface area contributed by atoms with Crippen LogP contribution in [0.4, 0.5) is 0 Å². The van der Waals surface area contributed by atoms with E-state index in [0.717, 1.165) is 30.3 Å². The van der Waals surface area contributed by atoms with Gasteiger partial charge in [0.15, 0.2) is 0 Å². The van der Waals surface area contributed by atoms with Crippen molar-refractivity contribution in [1.82, 2.24) is 4.90 Å². The van der Waals surface area contributed by atoms with Crippen LogP contribution in [-0.4, -0.2) is 31.6 Å². The van der Waals surface area contributed by atoms with Gasteiger partial charge in [-0.25, -0.2) is 0 Å². The van der Waals surface area contributed by atoms with E-state index < -0.39 is 0 Å². The van der Waals surface area contributed by atoms with Gasteiger partial charge in [0.05, 0.1) is 13.7 Å². The molecule has 1 aromatic carbocycles. The average molecular weight is 286 g/mol. The molecule has 0 atom stereocenters. The zero-order valence-corrected chi connectivity index (χ0v) is 13.2. The van der Waals surface area contributed by atoms with Crippen LogP contribution >= 0.6 is 0 Å². The van der Waals surface area contributed by atoms with Gasteiger partial charge in [0.1, 0.15) is 5.75 Å². The summed E-state index contributed by atoms with van der Waals surface area (Å²) in [7, 11) is 1.70. The van der Waals surface area contributed by atoms with Crippen molar-refractivity contribution in [3.05, 3.63) is 29.3 Å². The second-order valence-corrected chi connectivity index (χ2v) is 5.65. The Hall–Kier alpha value is -1.50. The van der Waals surface area contributed by atoms with Gasteiger partial charge in [0.25, 0.3) is 0 Å². The lowest BCUT2D eigenvalue weighted by molar-refractivity contribution is 0.178. The Labute approximate surface area is 128 Å². The first-order valence-corrected chi connectivity index (χ1v) is 7.85. The highest BCUT2D eigenvalue weighted by molar-refractivity contribution is 5.45. The van der Waals surface area contributed by atoms with Crippen LogP contribution in [0.15, 0.2) is 18.2 Å². The molecule has 21 heavy (non-hydrogen) atoms. The fourth-order valence-corrected chi connectivity index (χ4v) is 2.68. The van der Waals surface area contributed by atoms with Gasteiger partial charge in [0.2, 0.25) is 0 Å². The van der Waals surface area contributed by atoms with E-state index in [2.05, 4.69) is 29.7 Å². The van der Waals surface area contributed by atoms with Gasteiger partial charge in [-0.2, -0.15) is 0 Å². The maximum Gasteiger partial charge on any atom is 0.119 e. The largest absolute Gasteiger partial charge is 0.497 e. The molecule has 0 unspecified atom stereocenters. The summed E-state index contributed by atoms with van der Waals surface area (Å²) in [6.07, 6.45) is 4.16. The van der Waals surface area contributed by atoms with E-state index in [1.165, 1.54) is 31.4 Å². The predicted octanol–water partition coefficient (Wildman–Crippen LogP) is 2.63. The molecule has 0 aliphatic heterocycles. The molecule has 1 saturated carbocycles. The first-order chi connectivity index (χ1) is 10.3. The summed E-state index contributed by atoms with van der Waals surface area (Å²) >= 11 is 0. The second kappa shape index (κ2) is 8.07. The van der Waals surface area contributed by atoms with Crippen LogP contribution in [0.5, 0.6) is 5.75 Å². The maximum absolute atomic E-state index is 5.49.